The normalized spacial score (nSPS) is 18.4. The van der Waals surface area contributed by atoms with Gasteiger partial charge in [-0.15, -0.1) is 0 Å². The first-order valence-corrected chi connectivity index (χ1v) is 5.19. The average Bonchev–Trinajstić information content (AvgIpc) is 2.17. The van der Waals surface area contributed by atoms with Gasteiger partial charge in [0.25, 0.3) is 0 Å². The van der Waals surface area contributed by atoms with E-state index in [9.17, 15) is 0 Å². The Hall–Kier alpha value is 0.233. The van der Waals surface area contributed by atoms with Crippen LogP contribution in [0.3, 0.4) is 0 Å². The van der Waals surface area contributed by atoms with Crippen LogP contribution in [0.15, 0.2) is 22.3 Å². The van der Waals surface area contributed by atoms with Crippen molar-refractivity contribution in [1.82, 2.24) is 0 Å². The van der Waals surface area contributed by atoms with E-state index in [0.29, 0.717) is 0 Å². The molecular formula is C10H14Zr+2. The molecule has 1 aliphatic rings. The minimum atomic E-state index is 1.20. The van der Waals surface area contributed by atoms with Gasteiger partial charge in [-0.05, 0) is 0 Å². The number of hydrogen-bond acceptors (Lipinski definition) is 0. The van der Waals surface area contributed by atoms with Gasteiger partial charge in [-0.25, -0.2) is 0 Å². The van der Waals surface area contributed by atoms with Gasteiger partial charge in [-0.2, -0.15) is 0 Å². The summed E-state index contributed by atoms with van der Waals surface area (Å²) in [6, 6.07) is 0. The van der Waals surface area contributed by atoms with Crippen LogP contribution in [0.2, 0.25) is 0 Å². The zero-order chi connectivity index (χ0) is 8.59. The Kier molecular flexibility index (Phi) is 2.81. The molecule has 56 valence electrons. The van der Waals surface area contributed by atoms with Crippen molar-refractivity contribution < 1.29 is 24.2 Å². The molecular weight excluding hydrogens is 211 g/mol. The second-order valence-corrected chi connectivity index (χ2v) is 5.15. The van der Waals surface area contributed by atoms with E-state index in [1.165, 1.54) is 17.6 Å². The van der Waals surface area contributed by atoms with Gasteiger partial charge >= 0.3 is 83.8 Å². The van der Waals surface area contributed by atoms with Gasteiger partial charge in [0.05, 0.1) is 0 Å². The van der Waals surface area contributed by atoms with Gasteiger partial charge in [0.1, 0.15) is 0 Å². The van der Waals surface area contributed by atoms with Gasteiger partial charge in [0.2, 0.25) is 0 Å². The van der Waals surface area contributed by atoms with Crippen molar-refractivity contribution in [3.05, 3.63) is 22.3 Å². The van der Waals surface area contributed by atoms with Crippen molar-refractivity contribution in [2.45, 2.75) is 34.1 Å². The molecule has 0 unspecified atom stereocenters. The van der Waals surface area contributed by atoms with Crippen molar-refractivity contribution in [3.63, 3.8) is 0 Å². The molecule has 0 radical (unpaired) electrons. The van der Waals surface area contributed by atoms with Crippen molar-refractivity contribution >= 4 is 3.21 Å². The second kappa shape index (κ2) is 3.31. The van der Waals surface area contributed by atoms with Crippen LogP contribution in [-0.2, 0) is 24.2 Å². The predicted octanol–water partition coefficient (Wildman–Crippen LogP) is 2.78. The van der Waals surface area contributed by atoms with Gasteiger partial charge in [0.15, 0.2) is 0 Å². The summed E-state index contributed by atoms with van der Waals surface area (Å²) in [4.78, 5) is 0. The fourth-order valence-electron chi connectivity index (χ4n) is 1.49. The standard InChI is InChI=1S/C10H14.Zr/c1-5-10-6-7(2)8(3)9(10)4;/h6H2,1-4H3;/q;+2. The molecule has 0 aliphatic heterocycles. The zero-order valence-electron chi connectivity index (χ0n) is 7.71. The monoisotopic (exact) mass is 224 g/mol. The first-order chi connectivity index (χ1) is 5.04. The first kappa shape index (κ1) is 9.32. The maximum atomic E-state index is 2.24. The summed E-state index contributed by atoms with van der Waals surface area (Å²) < 4.78 is 1.56. The summed E-state index contributed by atoms with van der Waals surface area (Å²) >= 11 is 1.56. The number of allylic oxidation sites excluding steroid dienone is 4. The van der Waals surface area contributed by atoms with Crippen molar-refractivity contribution in [3.8, 4) is 0 Å². The molecule has 0 aromatic heterocycles. The van der Waals surface area contributed by atoms with Crippen LogP contribution in [0.5, 0.6) is 0 Å². The summed E-state index contributed by atoms with van der Waals surface area (Å²) in [7, 11) is 0. The second-order valence-electron chi connectivity index (χ2n) is 3.31. The molecule has 0 atom stereocenters. The quantitative estimate of drug-likeness (QED) is 0.644. The number of rotatable bonds is 1. The van der Waals surface area contributed by atoms with Gasteiger partial charge < -0.3 is 0 Å². The summed E-state index contributed by atoms with van der Waals surface area (Å²) in [6.07, 6.45) is 1.20. The Morgan fingerprint density at radius 2 is 1.73 bits per heavy atom. The Morgan fingerprint density at radius 1 is 1.18 bits per heavy atom. The summed E-state index contributed by atoms with van der Waals surface area (Å²) in [5.74, 6) is 0. The van der Waals surface area contributed by atoms with E-state index in [4.69, 9.17) is 0 Å². The molecule has 1 heteroatoms. The third-order valence-electron chi connectivity index (χ3n) is 2.55. The van der Waals surface area contributed by atoms with Gasteiger partial charge in [-0.3, -0.25) is 0 Å². The average molecular weight is 225 g/mol. The van der Waals surface area contributed by atoms with E-state index in [2.05, 4.69) is 27.7 Å². The topological polar surface area (TPSA) is 0 Å². The van der Waals surface area contributed by atoms with Crippen LogP contribution in [0.25, 0.3) is 0 Å². The zero-order valence-corrected chi connectivity index (χ0v) is 10.2. The van der Waals surface area contributed by atoms with Gasteiger partial charge in [0, 0.05) is 0 Å². The van der Waals surface area contributed by atoms with Crippen LogP contribution in [0.4, 0.5) is 0 Å². The Morgan fingerprint density at radius 3 is 1.91 bits per heavy atom. The van der Waals surface area contributed by atoms with E-state index in [1.807, 2.05) is 0 Å². The van der Waals surface area contributed by atoms with Gasteiger partial charge in [-0.1, -0.05) is 0 Å². The first-order valence-electron chi connectivity index (χ1n) is 3.96. The SMILES string of the molecule is C[C](=[Zr+2])C1=C(C)C(C)=C(C)C1. The molecule has 0 N–H and O–H groups in total. The molecule has 0 nitrogen and oxygen atoms in total. The third kappa shape index (κ3) is 1.69. The van der Waals surface area contributed by atoms with Crippen LogP contribution in [0, 0.1) is 0 Å². The van der Waals surface area contributed by atoms with Crippen molar-refractivity contribution in [1.29, 1.82) is 0 Å². The summed E-state index contributed by atoms with van der Waals surface area (Å²) in [6.45, 7) is 8.96. The molecule has 0 amide bonds. The van der Waals surface area contributed by atoms with E-state index in [1.54, 1.807) is 38.6 Å². The van der Waals surface area contributed by atoms with Crippen LogP contribution >= 0.6 is 0 Å². The summed E-state index contributed by atoms with van der Waals surface area (Å²) in [5, 5.41) is 0. The van der Waals surface area contributed by atoms with E-state index >= 15 is 0 Å². The van der Waals surface area contributed by atoms with Crippen LogP contribution in [-0.4, -0.2) is 3.21 Å². The molecule has 0 heterocycles. The fourth-order valence-corrected chi connectivity index (χ4v) is 2.17. The van der Waals surface area contributed by atoms with E-state index < -0.39 is 0 Å². The Balaban J connectivity index is 3.02. The van der Waals surface area contributed by atoms with Crippen molar-refractivity contribution in [2.75, 3.05) is 0 Å². The molecule has 1 rings (SSSR count). The molecule has 0 aromatic rings. The molecule has 0 fully saturated rings. The van der Waals surface area contributed by atoms with Crippen molar-refractivity contribution in [2.24, 2.45) is 0 Å². The predicted molar refractivity (Wildman–Crippen MR) is 46.4 cm³/mol. The molecule has 1 aliphatic carbocycles. The van der Waals surface area contributed by atoms with E-state index in [-0.39, 0.29) is 0 Å². The summed E-state index contributed by atoms with van der Waals surface area (Å²) in [5.41, 5.74) is 6.19. The Labute approximate surface area is 83.7 Å². The van der Waals surface area contributed by atoms with Crippen LogP contribution in [0.1, 0.15) is 34.1 Å². The molecule has 0 bridgehead atoms. The molecule has 0 saturated heterocycles. The molecule has 11 heavy (non-hydrogen) atoms. The third-order valence-corrected chi connectivity index (χ3v) is 3.29. The maximum absolute atomic E-state index is 2.24. The molecule has 0 aromatic carbocycles. The Bertz CT molecular complexity index is 267. The number of hydrogen-bond donors (Lipinski definition) is 0. The van der Waals surface area contributed by atoms with Crippen LogP contribution < -0.4 is 0 Å². The molecule has 0 saturated carbocycles. The molecule has 0 spiro atoms. The van der Waals surface area contributed by atoms with E-state index in [0.717, 1.165) is 0 Å². The minimum absolute atomic E-state index is 1.20. The fraction of sp³-hybridized carbons (Fsp3) is 0.500.